The van der Waals surface area contributed by atoms with Gasteiger partial charge in [0.1, 0.15) is 5.82 Å². The third-order valence-corrected chi connectivity index (χ3v) is 2.61. The molecule has 0 radical (unpaired) electrons. The zero-order chi connectivity index (χ0) is 13.9. The number of carbonyl (C=O) groups is 2. The zero-order valence-electron chi connectivity index (χ0n) is 10.2. The van der Waals surface area contributed by atoms with Crippen LogP contribution >= 0.6 is 0 Å². The van der Waals surface area contributed by atoms with Crippen molar-refractivity contribution >= 4 is 11.9 Å². The van der Waals surface area contributed by atoms with Crippen molar-refractivity contribution in [1.82, 2.24) is 5.32 Å². The van der Waals surface area contributed by atoms with Crippen LogP contribution in [0.4, 0.5) is 4.39 Å². The van der Waals surface area contributed by atoms with Gasteiger partial charge in [-0.2, -0.15) is 0 Å². The molecule has 1 rings (SSSR count). The molecule has 0 heterocycles. The SMILES string of the molecule is CC(C)(NCc1ccc(C(=O)O)c(F)c1)C(N)=O. The van der Waals surface area contributed by atoms with E-state index in [9.17, 15) is 14.0 Å². The van der Waals surface area contributed by atoms with Crippen LogP contribution in [0, 0.1) is 5.82 Å². The van der Waals surface area contributed by atoms with Gasteiger partial charge >= 0.3 is 5.97 Å². The summed E-state index contributed by atoms with van der Waals surface area (Å²) in [4.78, 5) is 21.7. The van der Waals surface area contributed by atoms with Crippen LogP contribution in [0.1, 0.15) is 29.8 Å². The molecule has 0 unspecified atom stereocenters. The van der Waals surface area contributed by atoms with E-state index >= 15 is 0 Å². The number of primary amides is 1. The molecular formula is C12H15FN2O3. The lowest BCUT2D eigenvalue weighted by Crippen LogP contribution is -2.50. The fourth-order valence-corrected chi connectivity index (χ4v) is 1.25. The zero-order valence-corrected chi connectivity index (χ0v) is 10.2. The van der Waals surface area contributed by atoms with Gasteiger partial charge in [-0.15, -0.1) is 0 Å². The number of rotatable bonds is 5. The molecule has 0 aliphatic heterocycles. The van der Waals surface area contributed by atoms with Crippen LogP contribution < -0.4 is 11.1 Å². The van der Waals surface area contributed by atoms with E-state index in [0.29, 0.717) is 5.56 Å². The number of benzene rings is 1. The Kier molecular flexibility index (Phi) is 4.03. The molecule has 1 aromatic rings. The van der Waals surface area contributed by atoms with Gasteiger partial charge < -0.3 is 10.8 Å². The highest BCUT2D eigenvalue weighted by atomic mass is 19.1. The van der Waals surface area contributed by atoms with Gasteiger partial charge in [-0.25, -0.2) is 9.18 Å². The number of hydrogen-bond donors (Lipinski definition) is 3. The van der Waals surface area contributed by atoms with Gasteiger partial charge in [-0.1, -0.05) is 6.07 Å². The van der Waals surface area contributed by atoms with E-state index in [-0.39, 0.29) is 12.1 Å². The van der Waals surface area contributed by atoms with Crippen LogP contribution in [0.25, 0.3) is 0 Å². The number of nitrogens with two attached hydrogens (primary N) is 1. The van der Waals surface area contributed by atoms with E-state index in [2.05, 4.69) is 5.32 Å². The van der Waals surface area contributed by atoms with E-state index in [1.165, 1.54) is 12.1 Å². The van der Waals surface area contributed by atoms with Crippen LogP contribution in [0.5, 0.6) is 0 Å². The molecule has 0 bridgehead atoms. The van der Waals surface area contributed by atoms with Crippen molar-refractivity contribution in [3.8, 4) is 0 Å². The number of amides is 1. The molecular weight excluding hydrogens is 239 g/mol. The topological polar surface area (TPSA) is 92.4 Å². The second-order valence-electron chi connectivity index (χ2n) is 4.46. The summed E-state index contributed by atoms with van der Waals surface area (Å²) in [6.45, 7) is 3.43. The Balaban J connectivity index is 2.79. The molecule has 0 aliphatic rings. The van der Waals surface area contributed by atoms with E-state index < -0.39 is 23.2 Å². The van der Waals surface area contributed by atoms with Gasteiger partial charge in [0.25, 0.3) is 0 Å². The van der Waals surface area contributed by atoms with Crippen molar-refractivity contribution in [1.29, 1.82) is 0 Å². The van der Waals surface area contributed by atoms with Gasteiger partial charge in [0.05, 0.1) is 11.1 Å². The molecule has 0 aliphatic carbocycles. The normalized spacial score (nSPS) is 11.3. The van der Waals surface area contributed by atoms with Crippen LogP contribution in [0.15, 0.2) is 18.2 Å². The lowest BCUT2D eigenvalue weighted by atomic mass is 10.0. The molecule has 18 heavy (non-hydrogen) atoms. The minimum absolute atomic E-state index is 0.215. The van der Waals surface area contributed by atoms with Crippen LogP contribution in [0.2, 0.25) is 0 Å². The highest BCUT2D eigenvalue weighted by molar-refractivity contribution is 5.88. The van der Waals surface area contributed by atoms with Gasteiger partial charge in [0, 0.05) is 6.54 Å². The smallest absolute Gasteiger partial charge is 0.338 e. The minimum Gasteiger partial charge on any atom is -0.478 e. The minimum atomic E-state index is -1.32. The maximum Gasteiger partial charge on any atom is 0.338 e. The van der Waals surface area contributed by atoms with Gasteiger partial charge in [0.15, 0.2) is 0 Å². The molecule has 0 aromatic heterocycles. The maximum absolute atomic E-state index is 13.4. The van der Waals surface area contributed by atoms with E-state index in [4.69, 9.17) is 10.8 Å². The van der Waals surface area contributed by atoms with E-state index in [1.807, 2.05) is 0 Å². The summed E-state index contributed by atoms with van der Waals surface area (Å²) in [6, 6.07) is 3.79. The Morgan fingerprint density at radius 1 is 1.44 bits per heavy atom. The van der Waals surface area contributed by atoms with Crippen molar-refractivity contribution in [2.45, 2.75) is 25.9 Å². The monoisotopic (exact) mass is 254 g/mol. The van der Waals surface area contributed by atoms with Crippen molar-refractivity contribution in [2.75, 3.05) is 0 Å². The first-order chi connectivity index (χ1) is 8.24. The third-order valence-electron chi connectivity index (χ3n) is 2.61. The van der Waals surface area contributed by atoms with Crippen LogP contribution in [-0.2, 0) is 11.3 Å². The molecule has 98 valence electrons. The first-order valence-corrected chi connectivity index (χ1v) is 5.30. The number of halogens is 1. The molecule has 5 nitrogen and oxygen atoms in total. The van der Waals surface area contributed by atoms with Crippen molar-refractivity contribution < 1.29 is 19.1 Å². The van der Waals surface area contributed by atoms with Crippen molar-refractivity contribution in [3.05, 3.63) is 35.1 Å². The molecule has 1 aromatic carbocycles. The third kappa shape index (κ3) is 3.27. The van der Waals surface area contributed by atoms with Crippen molar-refractivity contribution in [3.63, 3.8) is 0 Å². The molecule has 0 atom stereocenters. The Morgan fingerprint density at radius 3 is 2.50 bits per heavy atom. The second kappa shape index (κ2) is 5.14. The first-order valence-electron chi connectivity index (χ1n) is 5.30. The summed E-state index contributed by atoms with van der Waals surface area (Å²) >= 11 is 0. The summed E-state index contributed by atoms with van der Waals surface area (Å²) in [5.41, 5.74) is 4.41. The van der Waals surface area contributed by atoms with Gasteiger partial charge in [-0.05, 0) is 31.5 Å². The van der Waals surface area contributed by atoms with Crippen LogP contribution in [-0.4, -0.2) is 22.5 Å². The number of carboxylic acids is 1. The van der Waals surface area contributed by atoms with E-state index in [0.717, 1.165) is 6.07 Å². The number of carboxylic acid groups (broad SMARTS) is 1. The van der Waals surface area contributed by atoms with Gasteiger partial charge in [0.2, 0.25) is 5.91 Å². The molecule has 6 heteroatoms. The fraction of sp³-hybridized carbons (Fsp3) is 0.333. The molecule has 0 fully saturated rings. The predicted molar refractivity (Wildman–Crippen MR) is 63.5 cm³/mol. The van der Waals surface area contributed by atoms with Crippen molar-refractivity contribution in [2.24, 2.45) is 5.73 Å². The lowest BCUT2D eigenvalue weighted by Gasteiger charge is -2.22. The highest BCUT2D eigenvalue weighted by Gasteiger charge is 2.23. The summed E-state index contributed by atoms with van der Waals surface area (Å²) in [5, 5.41) is 11.5. The lowest BCUT2D eigenvalue weighted by molar-refractivity contribution is -0.123. The number of hydrogen-bond acceptors (Lipinski definition) is 3. The molecule has 1 amide bonds. The Hall–Kier alpha value is -1.95. The highest BCUT2D eigenvalue weighted by Crippen LogP contribution is 2.11. The molecule has 0 saturated heterocycles. The number of aromatic carboxylic acids is 1. The average Bonchev–Trinajstić information content (AvgIpc) is 2.25. The fourth-order valence-electron chi connectivity index (χ4n) is 1.25. The standard InChI is InChI=1S/C12H15FN2O3/c1-12(2,11(14)18)15-6-7-3-4-8(10(16)17)9(13)5-7/h3-5,15H,6H2,1-2H3,(H2,14,18)(H,16,17). The maximum atomic E-state index is 13.4. The number of nitrogens with one attached hydrogen (secondary N) is 1. The van der Waals surface area contributed by atoms with E-state index in [1.54, 1.807) is 13.8 Å². The Bertz CT molecular complexity index is 486. The summed E-state index contributed by atoms with van der Waals surface area (Å²) in [5.74, 6) is -2.65. The molecule has 4 N–H and O–H groups in total. The quantitative estimate of drug-likeness (QED) is 0.727. The second-order valence-corrected chi connectivity index (χ2v) is 4.46. The largest absolute Gasteiger partial charge is 0.478 e. The summed E-state index contributed by atoms with van der Waals surface area (Å²) in [6.07, 6.45) is 0. The average molecular weight is 254 g/mol. The summed E-state index contributed by atoms with van der Waals surface area (Å²) in [7, 11) is 0. The number of carbonyl (C=O) groups excluding carboxylic acids is 1. The molecule has 0 spiro atoms. The molecule has 0 saturated carbocycles. The van der Waals surface area contributed by atoms with Crippen LogP contribution in [0.3, 0.4) is 0 Å². The first kappa shape index (κ1) is 14.1. The summed E-state index contributed by atoms with van der Waals surface area (Å²) < 4.78 is 13.4. The predicted octanol–water partition coefficient (Wildman–Crippen LogP) is 0.877. The van der Waals surface area contributed by atoms with Gasteiger partial charge in [-0.3, -0.25) is 10.1 Å². The Labute approximate surface area is 104 Å². The Morgan fingerprint density at radius 2 is 2.06 bits per heavy atom.